The summed E-state index contributed by atoms with van der Waals surface area (Å²) < 4.78 is 13.0. The van der Waals surface area contributed by atoms with Crippen molar-refractivity contribution in [2.75, 3.05) is 0 Å². The number of hydrogen-bond donors (Lipinski definition) is 1. The monoisotopic (exact) mass is 220 g/mol. The lowest BCUT2D eigenvalue weighted by Gasteiger charge is -2.02. The Morgan fingerprint density at radius 1 is 1.46 bits per heavy atom. The van der Waals surface area contributed by atoms with Crippen LogP contribution in [-0.2, 0) is 0 Å². The lowest BCUT2D eigenvalue weighted by molar-refractivity contribution is 0.619. The highest BCUT2D eigenvalue weighted by Crippen LogP contribution is 2.42. The second-order valence-electron chi connectivity index (χ2n) is 3.15. The number of aromatic nitrogens is 1. The van der Waals surface area contributed by atoms with Crippen LogP contribution in [0.15, 0.2) is 6.07 Å². The molecule has 1 saturated carbocycles. The molecule has 70 valence electrons. The molecule has 0 spiro atoms. The average molecular weight is 221 g/mol. The Morgan fingerprint density at radius 3 is 2.62 bits per heavy atom. The molecule has 0 saturated heterocycles. The highest BCUT2D eigenvalue weighted by Gasteiger charge is 2.37. The molecule has 13 heavy (non-hydrogen) atoms. The van der Waals surface area contributed by atoms with Gasteiger partial charge in [-0.2, -0.15) is 0 Å². The van der Waals surface area contributed by atoms with Gasteiger partial charge in [-0.3, -0.25) is 0 Å². The van der Waals surface area contributed by atoms with E-state index in [4.69, 9.17) is 28.9 Å². The van der Waals surface area contributed by atoms with E-state index in [1.54, 1.807) is 0 Å². The van der Waals surface area contributed by atoms with Gasteiger partial charge < -0.3 is 5.73 Å². The molecule has 0 bridgehead atoms. The average Bonchev–Trinajstić information content (AvgIpc) is 2.75. The van der Waals surface area contributed by atoms with E-state index in [9.17, 15) is 4.39 Å². The molecule has 1 aromatic rings. The molecule has 5 heteroatoms. The van der Waals surface area contributed by atoms with Gasteiger partial charge in [0.1, 0.15) is 5.15 Å². The number of hydrogen-bond acceptors (Lipinski definition) is 2. The maximum Gasteiger partial charge on any atom is 0.166 e. The molecule has 1 heterocycles. The minimum absolute atomic E-state index is 0.0832. The van der Waals surface area contributed by atoms with Crippen LogP contribution >= 0.6 is 23.2 Å². The molecule has 2 atom stereocenters. The maximum absolute atomic E-state index is 13.0. The quantitative estimate of drug-likeness (QED) is 0.739. The van der Waals surface area contributed by atoms with E-state index in [0.717, 1.165) is 6.42 Å². The van der Waals surface area contributed by atoms with Gasteiger partial charge in [-0.05, 0) is 18.1 Å². The third kappa shape index (κ3) is 1.64. The van der Waals surface area contributed by atoms with Crippen molar-refractivity contribution in [3.63, 3.8) is 0 Å². The van der Waals surface area contributed by atoms with Crippen LogP contribution in [0.1, 0.15) is 17.9 Å². The molecular formula is C8H7Cl2FN2. The Morgan fingerprint density at radius 2 is 2.08 bits per heavy atom. The van der Waals surface area contributed by atoms with Crippen molar-refractivity contribution < 1.29 is 4.39 Å². The molecule has 2 rings (SSSR count). The second-order valence-corrected chi connectivity index (χ2v) is 3.86. The maximum atomic E-state index is 13.0. The topological polar surface area (TPSA) is 38.9 Å². The SMILES string of the molecule is NC1CC1c1cc(F)c(Cl)nc1Cl. The van der Waals surface area contributed by atoms with Crippen molar-refractivity contribution in [1.29, 1.82) is 0 Å². The van der Waals surface area contributed by atoms with Gasteiger partial charge >= 0.3 is 0 Å². The lowest BCUT2D eigenvalue weighted by Crippen LogP contribution is -2.02. The van der Waals surface area contributed by atoms with Crippen LogP contribution in [0.3, 0.4) is 0 Å². The summed E-state index contributed by atoms with van der Waals surface area (Å²) >= 11 is 11.2. The van der Waals surface area contributed by atoms with Crippen molar-refractivity contribution in [2.24, 2.45) is 5.73 Å². The minimum atomic E-state index is -0.542. The van der Waals surface area contributed by atoms with Crippen LogP contribution in [0, 0.1) is 5.82 Å². The van der Waals surface area contributed by atoms with Gasteiger partial charge in [-0.25, -0.2) is 9.37 Å². The van der Waals surface area contributed by atoms with Gasteiger partial charge in [0.15, 0.2) is 11.0 Å². The first kappa shape index (κ1) is 9.19. The van der Waals surface area contributed by atoms with E-state index in [1.165, 1.54) is 6.07 Å². The third-order valence-electron chi connectivity index (χ3n) is 2.15. The van der Waals surface area contributed by atoms with E-state index in [2.05, 4.69) is 4.98 Å². The Labute approximate surface area is 84.9 Å². The molecule has 2 N–H and O–H groups in total. The molecule has 1 aromatic heterocycles. The van der Waals surface area contributed by atoms with Gasteiger partial charge in [0.2, 0.25) is 0 Å². The summed E-state index contributed by atoms with van der Waals surface area (Å²) in [6.45, 7) is 0. The Hall–Kier alpha value is -0.380. The highest BCUT2D eigenvalue weighted by molar-refractivity contribution is 6.33. The van der Waals surface area contributed by atoms with Crippen molar-refractivity contribution >= 4 is 23.2 Å². The van der Waals surface area contributed by atoms with Crippen molar-refractivity contribution in [3.05, 3.63) is 27.8 Å². The predicted octanol–water partition coefficient (Wildman–Crippen LogP) is 2.34. The molecule has 2 unspecified atom stereocenters. The van der Waals surface area contributed by atoms with Gasteiger partial charge in [0.05, 0.1) is 0 Å². The van der Waals surface area contributed by atoms with Crippen LogP contribution < -0.4 is 5.73 Å². The summed E-state index contributed by atoms with van der Waals surface area (Å²) in [6, 6.07) is 1.40. The first-order valence-corrected chi connectivity index (χ1v) is 4.62. The van der Waals surface area contributed by atoms with Gasteiger partial charge in [-0.1, -0.05) is 23.2 Å². The van der Waals surface area contributed by atoms with Crippen LogP contribution in [0.5, 0.6) is 0 Å². The summed E-state index contributed by atoms with van der Waals surface area (Å²) in [6.07, 6.45) is 0.836. The van der Waals surface area contributed by atoms with Crippen molar-refractivity contribution in [1.82, 2.24) is 4.98 Å². The van der Waals surface area contributed by atoms with Gasteiger partial charge in [0.25, 0.3) is 0 Å². The standard InChI is InChI=1S/C8H7Cl2FN2/c9-7-4(3-2-6(3)12)1-5(11)8(10)13-7/h1,3,6H,2,12H2. The molecule has 0 aromatic carbocycles. The zero-order valence-electron chi connectivity index (χ0n) is 6.60. The summed E-state index contributed by atoms with van der Waals surface area (Å²) in [5.74, 6) is -0.396. The molecule has 0 aliphatic heterocycles. The minimum Gasteiger partial charge on any atom is -0.327 e. The summed E-state index contributed by atoms with van der Waals surface area (Å²) in [5.41, 5.74) is 6.28. The van der Waals surface area contributed by atoms with E-state index in [0.29, 0.717) is 5.56 Å². The van der Waals surface area contributed by atoms with E-state index in [-0.39, 0.29) is 22.3 Å². The summed E-state index contributed by atoms with van der Waals surface area (Å²) in [4.78, 5) is 3.67. The van der Waals surface area contributed by atoms with Crippen molar-refractivity contribution in [3.8, 4) is 0 Å². The fraction of sp³-hybridized carbons (Fsp3) is 0.375. The molecule has 2 nitrogen and oxygen atoms in total. The van der Waals surface area contributed by atoms with E-state index < -0.39 is 5.82 Å². The zero-order chi connectivity index (χ0) is 9.59. The number of nitrogens with zero attached hydrogens (tertiary/aromatic N) is 1. The number of pyridine rings is 1. The first-order chi connectivity index (χ1) is 6.09. The Balaban J connectivity index is 2.41. The predicted molar refractivity (Wildman–Crippen MR) is 49.5 cm³/mol. The normalized spacial score (nSPS) is 26.2. The fourth-order valence-corrected chi connectivity index (χ4v) is 1.75. The largest absolute Gasteiger partial charge is 0.327 e. The lowest BCUT2D eigenvalue weighted by atomic mass is 10.2. The van der Waals surface area contributed by atoms with E-state index >= 15 is 0 Å². The molecule has 1 fully saturated rings. The summed E-state index contributed by atoms with van der Waals surface area (Å²) in [5, 5.41) is 0.0623. The van der Waals surface area contributed by atoms with Gasteiger partial charge in [-0.15, -0.1) is 0 Å². The van der Waals surface area contributed by atoms with Crippen LogP contribution in [0.25, 0.3) is 0 Å². The second kappa shape index (κ2) is 3.08. The van der Waals surface area contributed by atoms with Crippen LogP contribution in [0.4, 0.5) is 4.39 Å². The van der Waals surface area contributed by atoms with Gasteiger partial charge in [0, 0.05) is 12.0 Å². The number of rotatable bonds is 1. The van der Waals surface area contributed by atoms with Crippen LogP contribution in [0.2, 0.25) is 10.3 Å². The molecule has 1 aliphatic carbocycles. The molecular weight excluding hydrogens is 214 g/mol. The number of nitrogens with two attached hydrogens (primary N) is 1. The Kier molecular flexibility index (Phi) is 2.18. The fourth-order valence-electron chi connectivity index (χ4n) is 1.29. The molecule has 0 radical (unpaired) electrons. The Bertz CT molecular complexity index is 356. The highest BCUT2D eigenvalue weighted by atomic mass is 35.5. The molecule has 1 aliphatic rings. The third-order valence-corrected chi connectivity index (χ3v) is 2.72. The zero-order valence-corrected chi connectivity index (χ0v) is 8.11. The van der Waals surface area contributed by atoms with Crippen molar-refractivity contribution in [2.45, 2.75) is 18.4 Å². The summed E-state index contributed by atoms with van der Waals surface area (Å²) in [7, 11) is 0. The molecule has 0 amide bonds. The van der Waals surface area contributed by atoms with Crippen LogP contribution in [-0.4, -0.2) is 11.0 Å². The number of halogens is 3. The first-order valence-electron chi connectivity index (χ1n) is 3.86. The van der Waals surface area contributed by atoms with E-state index in [1.807, 2.05) is 0 Å². The smallest absolute Gasteiger partial charge is 0.166 e.